The number of piperidine rings is 1. The van der Waals surface area contributed by atoms with Crippen molar-refractivity contribution < 1.29 is 0 Å². The van der Waals surface area contributed by atoms with Crippen LogP contribution >= 0.6 is 43.2 Å². The summed E-state index contributed by atoms with van der Waals surface area (Å²) >= 11 is 8.88. The van der Waals surface area contributed by atoms with Crippen LogP contribution in [0.4, 0.5) is 0 Å². The fourth-order valence-electron chi connectivity index (χ4n) is 2.20. The zero-order valence-electron chi connectivity index (χ0n) is 9.09. The summed E-state index contributed by atoms with van der Waals surface area (Å²) in [4.78, 5) is 3.89. The molecule has 2 heterocycles. The standard InChI is InChI=1S/C11H16Br2N2S/c12-8-6-10(16-11(8)13)9(7-14)15-4-2-1-3-5-15/h6,9H,1-5,7,14H2. The second kappa shape index (κ2) is 5.96. The minimum absolute atomic E-state index is 0.396. The van der Waals surface area contributed by atoms with Crippen molar-refractivity contribution in [1.82, 2.24) is 4.90 Å². The molecule has 90 valence electrons. The molecule has 0 aliphatic carbocycles. The van der Waals surface area contributed by atoms with Crippen molar-refractivity contribution >= 4 is 43.2 Å². The van der Waals surface area contributed by atoms with E-state index in [9.17, 15) is 0 Å². The molecule has 5 heteroatoms. The fraction of sp³-hybridized carbons (Fsp3) is 0.636. The molecule has 0 spiro atoms. The molecule has 1 aliphatic heterocycles. The number of rotatable bonds is 3. The van der Waals surface area contributed by atoms with Crippen LogP contribution in [0, 0.1) is 0 Å². The predicted molar refractivity (Wildman–Crippen MR) is 76.9 cm³/mol. The van der Waals surface area contributed by atoms with Crippen molar-refractivity contribution in [2.75, 3.05) is 19.6 Å². The molecule has 0 bridgehead atoms. The van der Waals surface area contributed by atoms with Gasteiger partial charge in [0.1, 0.15) is 0 Å². The van der Waals surface area contributed by atoms with Crippen molar-refractivity contribution in [3.8, 4) is 0 Å². The molecule has 1 unspecified atom stereocenters. The highest BCUT2D eigenvalue weighted by Gasteiger charge is 2.23. The minimum Gasteiger partial charge on any atom is -0.329 e. The molecule has 2 N–H and O–H groups in total. The number of halogens is 2. The summed E-state index contributed by atoms with van der Waals surface area (Å²) in [7, 11) is 0. The van der Waals surface area contributed by atoms with Crippen molar-refractivity contribution in [3.63, 3.8) is 0 Å². The summed E-state index contributed by atoms with van der Waals surface area (Å²) in [6.45, 7) is 3.09. The number of nitrogens with zero attached hydrogens (tertiary/aromatic N) is 1. The van der Waals surface area contributed by atoms with E-state index in [2.05, 4.69) is 42.8 Å². The minimum atomic E-state index is 0.396. The van der Waals surface area contributed by atoms with Gasteiger partial charge in [-0.2, -0.15) is 0 Å². The molecular formula is C11H16Br2N2S. The molecule has 2 rings (SSSR count). The molecule has 1 aromatic heterocycles. The highest BCUT2D eigenvalue weighted by molar-refractivity contribution is 9.13. The summed E-state index contributed by atoms with van der Waals surface area (Å²) < 4.78 is 2.31. The molecule has 0 radical (unpaired) electrons. The first kappa shape index (κ1) is 13.0. The van der Waals surface area contributed by atoms with Crippen molar-refractivity contribution in [2.45, 2.75) is 25.3 Å². The summed E-state index contributed by atoms with van der Waals surface area (Å²) in [5.41, 5.74) is 5.93. The van der Waals surface area contributed by atoms with E-state index in [4.69, 9.17) is 5.73 Å². The second-order valence-corrected chi connectivity index (χ2v) is 7.37. The summed E-state index contributed by atoms with van der Waals surface area (Å²) in [5.74, 6) is 0. The molecule has 1 aliphatic rings. The van der Waals surface area contributed by atoms with Gasteiger partial charge in [0, 0.05) is 15.9 Å². The molecule has 0 amide bonds. The van der Waals surface area contributed by atoms with E-state index in [1.165, 1.54) is 37.2 Å². The zero-order chi connectivity index (χ0) is 11.5. The number of likely N-dealkylation sites (tertiary alicyclic amines) is 1. The lowest BCUT2D eigenvalue weighted by Crippen LogP contribution is -2.37. The Kier molecular flexibility index (Phi) is 4.85. The van der Waals surface area contributed by atoms with E-state index in [1.54, 1.807) is 11.3 Å². The smallest absolute Gasteiger partial charge is 0.0843 e. The molecule has 1 saturated heterocycles. The van der Waals surface area contributed by atoms with Crippen LogP contribution in [0.5, 0.6) is 0 Å². The van der Waals surface area contributed by atoms with Gasteiger partial charge >= 0.3 is 0 Å². The maximum atomic E-state index is 5.93. The molecule has 1 aromatic rings. The first-order valence-corrected chi connectivity index (χ1v) is 8.01. The molecule has 2 nitrogen and oxygen atoms in total. The molecule has 1 atom stereocenters. The van der Waals surface area contributed by atoms with E-state index in [1.807, 2.05) is 0 Å². The Morgan fingerprint density at radius 2 is 2.00 bits per heavy atom. The quantitative estimate of drug-likeness (QED) is 0.881. The van der Waals surface area contributed by atoms with Crippen molar-refractivity contribution in [3.05, 3.63) is 19.2 Å². The summed E-state index contributed by atoms with van der Waals surface area (Å²) in [5, 5.41) is 0. The third-order valence-electron chi connectivity index (χ3n) is 3.05. The number of hydrogen-bond acceptors (Lipinski definition) is 3. The average Bonchev–Trinajstić information content (AvgIpc) is 2.61. The van der Waals surface area contributed by atoms with Gasteiger partial charge in [-0.25, -0.2) is 0 Å². The maximum absolute atomic E-state index is 5.93. The fourth-order valence-corrected chi connectivity index (χ4v) is 4.44. The lowest BCUT2D eigenvalue weighted by molar-refractivity contribution is 0.170. The first-order chi connectivity index (χ1) is 7.72. The maximum Gasteiger partial charge on any atom is 0.0843 e. The van der Waals surface area contributed by atoms with Crippen LogP contribution in [-0.4, -0.2) is 24.5 Å². The van der Waals surface area contributed by atoms with E-state index in [0.29, 0.717) is 12.6 Å². The third-order valence-corrected chi connectivity index (χ3v) is 6.40. The van der Waals surface area contributed by atoms with Crippen molar-refractivity contribution in [2.24, 2.45) is 5.73 Å². The third kappa shape index (κ3) is 2.88. The van der Waals surface area contributed by atoms with Gasteiger partial charge in [0.25, 0.3) is 0 Å². The SMILES string of the molecule is NCC(c1cc(Br)c(Br)s1)N1CCCCC1. The normalized spacial score (nSPS) is 19.9. The topological polar surface area (TPSA) is 29.3 Å². The van der Waals surface area contributed by atoms with Crippen LogP contribution in [0.25, 0.3) is 0 Å². The van der Waals surface area contributed by atoms with Gasteiger partial charge in [0.05, 0.1) is 9.83 Å². The molecule has 1 fully saturated rings. The Morgan fingerprint density at radius 1 is 1.31 bits per heavy atom. The van der Waals surface area contributed by atoms with Crippen LogP contribution in [0.1, 0.15) is 30.2 Å². The Morgan fingerprint density at radius 3 is 2.50 bits per heavy atom. The predicted octanol–water partition coefficient (Wildman–Crippen LogP) is 3.76. The van der Waals surface area contributed by atoms with Gasteiger partial charge in [-0.1, -0.05) is 6.42 Å². The van der Waals surface area contributed by atoms with Gasteiger partial charge in [-0.05, 0) is 63.9 Å². The Hall–Kier alpha value is 0.580. The lowest BCUT2D eigenvalue weighted by Gasteiger charge is -2.33. The Balaban J connectivity index is 2.14. The highest BCUT2D eigenvalue weighted by atomic mass is 79.9. The Labute approximate surface area is 117 Å². The Bertz CT molecular complexity index is 328. The van der Waals surface area contributed by atoms with Gasteiger partial charge in [0.15, 0.2) is 0 Å². The van der Waals surface area contributed by atoms with E-state index in [0.717, 1.165) is 8.26 Å². The summed E-state index contributed by atoms with van der Waals surface area (Å²) in [6, 6.07) is 2.59. The second-order valence-electron chi connectivity index (χ2n) is 4.12. The molecule has 0 saturated carbocycles. The van der Waals surface area contributed by atoms with Crippen molar-refractivity contribution in [1.29, 1.82) is 0 Å². The van der Waals surface area contributed by atoms with Crippen LogP contribution < -0.4 is 5.73 Å². The van der Waals surface area contributed by atoms with Gasteiger partial charge in [-0.3, -0.25) is 4.90 Å². The highest BCUT2D eigenvalue weighted by Crippen LogP contribution is 2.37. The largest absolute Gasteiger partial charge is 0.329 e. The molecule has 0 aromatic carbocycles. The van der Waals surface area contributed by atoms with Gasteiger partial charge in [-0.15, -0.1) is 11.3 Å². The van der Waals surface area contributed by atoms with Crippen LogP contribution in [-0.2, 0) is 0 Å². The number of nitrogens with two attached hydrogens (primary N) is 1. The first-order valence-electron chi connectivity index (χ1n) is 5.61. The van der Waals surface area contributed by atoms with E-state index < -0.39 is 0 Å². The number of thiophene rings is 1. The van der Waals surface area contributed by atoms with Crippen LogP contribution in [0.15, 0.2) is 14.3 Å². The van der Waals surface area contributed by atoms with E-state index >= 15 is 0 Å². The monoisotopic (exact) mass is 366 g/mol. The number of hydrogen-bond donors (Lipinski definition) is 1. The molecule has 16 heavy (non-hydrogen) atoms. The van der Waals surface area contributed by atoms with Gasteiger partial charge in [0.2, 0.25) is 0 Å². The molecular weight excluding hydrogens is 352 g/mol. The zero-order valence-corrected chi connectivity index (χ0v) is 13.1. The average molecular weight is 368 g/mol. The summed E-state index contributed by atoms with van der Waals surface area (Å²) in [6.07, 6.45) is 3.99. The van der Waals surface area contributed by atoms with Crippen LogP contribution in [0.3, 0.4) is 0 Å². The van der Waals surface area contributed by atoms with Crippen LogP contribution in [0.2, 0.25) is 0 Å². The van der Waals surface area contributed by atoms with Gasteiger partial charge < -0.3 is 5.73 Å². The van der Waals surface area contributed by atoms with E-state index in [-0.39, 0.29) is 0 Å². The lowest BCUT2D eigenvalue weighted by atomic mass is 10.1.